The van der Waals surface area contributed by atoms with Gasteiger partial charge in [0.1, 0.15) is 0 Å². The summed E-state index contributed by atoms with van der Waals surface area (Å²) >= 11 is 0. The maximum Gasteiger partial charge on any atom is 0.269 e. The molecular formula is C16H16N6O2. The van der Waals surface area contributed by atoms with Crippen molar-refractivity contribution in [3.05, 3.63) is 53.2 Å². The van der Waals surface area contributed by atoms with E-state index in [0.717, 1.165) is 17.0 Å². The number of hydrazine groups is 1. The average Bonchev–Trinajstić information content (AvgIpc) is 2.98. The number of nitrogens with one attached hydrogen (secondary N) is 2. The number of nitrogens with zero attached hydrogens (tertiary/aromatic N) is 4. The number of aryl methyl sites for hydroxylation is 3. The quantitative estimate of drug-likeness (QED) is 0.709. The van der Waals surface area contributed by atoms with Gasteiger partial charge in [0.2, 0.25) is 17.7 Å². The number of hydrogen-bond acceptors (Lipinski definition) is 7. The molecule has 0 aliphatic rings. The van der Waals surface area contributed by atoms with E-state index < -0.39 is 0 Å². The first-order valence-electron chi connectivity index (χ1n) is 7.30. The smallest absolute Gasteiger partial charge is 0.269 e. The largest absolute Gasteiger partial charge is 0.339 e. The van der Waals surface area contributed by atoms with Gasteiger partial charge in [-0.1, -0.05) is 17.3 Å². The molecule has 0 fully saturated rings. The van der Waals surface area contributed by atoms with Crippen molar-refractivity contribution in [3.8, 4) is 11.4 Å². The zero-order valence-electron chi connectivity index (χ0n) is 13.5. The topological polar surface area (TPSA) is 106 Å². The summed E-state index contributed by atoms with van der Waals surface area (Å²) < 4.78 is 4.94. The van der Waals surface area contributed by atoms with Gasteiger partial charge in [0.25, 0.3) is 5.91 Å². The zero-order valence-corrected chi connectivity index (χ0v) is 13.5. The summed E-state index contributed by atoms with van der Waals surface area (Å²) in [6.07, 6.45) is 0. The molecule has 24 heavy (non-hydrogen) atoms. The van der Waals surface area contributed by atoms with E-state index in [1.54, 1.807) is 31.2 Å². The molecule has 8 nitrogen and oxygen atoms in total. The van der Waals surface area contributed by atoms with E-state index in [1.165, 1.54) is 0 Å². The van der Waals surface area contributed by atoms with Gasteiger partial charge in [-0.05, 0) is 32.0 Å². The SMILES string of the molecule is Cc1cc(C)nc(NNC(=O)c2ccc(-c3noc(C)n3)cc2)n1. The van der Waals surface area contributed by atoms with Crippen LogP contribution in [0.3, 0.4) is 0 Å². The Hall–Kier alpha value is -3.29. The normalized spacial score (nSPS) is 10.5. The molecule has 3 aromatic rings. The van der Waals surface area contributed by atoms with Gasteiger partial charge >= 0.3 is 0 Å². The van der Waals surface area contributed by atoms with Crippen LogP contribution in [0, 0.1) is 20.8 Å². The fraction of sp³-hybridized carbons (Fsp3) is 0.188. The van der Waals surface area contributed by atoms with Gasteiger partial charge in [0.15, 0.2) is 0 Å². The number of anilines is 1. The Morgan fingerprint density at radius 1 is 1.00 bits per heavy atom. The molecule has 0 unspecified atom stereocenters. The maximum absolute atomic E-state index is 12.2. The summed E-state index contributed by atoms with van der Waals surface area (Å²) in [6.45, 7) is 5.44. The number of aromatic nitrogens is 4. The zero-order chi connectivity index (χ0) is 17.1. The molecule has 1 aromatic carbocycles. The summed E-state index contributed by atoms with van der Waals surface area (Å²) in [5, 5.41) is 3.84. The highest BCUT2D eigenvalue weighted by Gasteiger charge is 2.09. The molecular weight excluding hydrogens is 308 g/mol. The van der Waals surface area contributed by atoms with Crippen LogP contribution in [-0.2, 0) is 0 Å². The minimum Gasteiger partial charge on any atom is -0.339 e. The number of rotatable bonds is 4. The Balaban J connectivity index is 1.66. The number of carbonyl (C=O) groups excluding carboxylic acids is 1. The summed E-state index contributed by atoms with van der Waals surface area (Å²) in [4.78, 5) is 24.7. The second kappa shape index (κ2) is 6.45. The van der Waals surface area contributed by atoms with Crippen LogP contribution in [0.2, 0.25) is 0 Å². The minimum atomic E-state index is -0.298. The first-order chi connectivity index (χ1) is 11.5. The van der Waals surface area contributed by atoms with Crippen molar-refractivity contribution in [1.82, 2.24) is 25.5 Å². The highest BCUT2D eigenvalue weighted by molar-refractivity contribution is 5.95. The van der Waals surface area contributed by atoms with Gasteiger partial charge in [0, 0.05) is 29.4 Å². The van der Waals surface area contributed by atoms with Crippen LogP contribution in [0.4, 0.5) is 5.95 Å². The van der Waals surface area contributed by atoms with Gasteiger partial charge < -0.3 is 4.52 Å². The number of carbonyl (C=O) groups is 1. The standard InChI is InChI=1S/C16H16N6O2/c1-9-8-10(2)18-16(17-9)21-20-15(23)13-6-4-12(5-7-13)14-19-11(3)24-22-14/h4-8H,1-3H3,(H,20,23)(H,17,18,21). The Labute approximate surface area is 138 Å². The fourth-order valence-corrected chi connectivity index (χ4v) is 2.15. The third kappa shape index (κ3) is 3.54. The molecule has 2 heterocycles. The first-order valence-corrected chi connectivity index (χ1v) is 7.30. The van der Waals surface area contributed by atoms with E-state index in [2.05, 4.69) is 31.0 Å². The molecule has 0 aliphatic carbocycles. The van der Waals surface area contributed by atoms with Gasteiger partial charge in [-0.25, -0.2) is 9.97 Å². The summed E-state index contributed by atoms with van der Waals surface area (Å²) in [6, 6.07) is 8.73. The molecule has 0 bridgehead atoms. The Kier molecular flexibility index (Phi) is 4.19. The molecule has 0 atom stereocenters. The highest BCUT2D eigenvalue weighted by atomic mass is 16.5. The predicted octanol–water partition coefficient (Wildman–Crippen LogP) is 2.21. The van der Waals surface area contributed by atoms with E-state index in [4.69, 9.17) is 4.52 Å². The third-order valence-electron chi connectivity index (χ3n) is 3.20. The Morgan fingerprint density at radius 2 is 1.67 bits per heavy atom. The van der Waals surface area contributed by atoms with E-state index >= 15 is 0 Å². The molecule has 0 aliphatic heterocycles. The minimum absolute atomic E-state index is 0.298. The van der Waals surface area contributed by atoms with E-state index in [-0.39, 0.29) is 5.91 Å². The van der Waals surface area contributed by atoms with Crippen LogP contribution in [0.5, 0.6) is 0 Å². The van der Waals surface area contributed by atoms with Crippen LogP contribution in [0.25, 0.3) is 11.4 Å². The van der Waals surface area contributed by atoms with Gasteiger partial charge in [-0.3, -0.25) is 15.6 Å². The van der Waals surface area contributed by atoms with E-state index in [1.807, 2.05) is 19.9 Å². The fourth-order valence-electron chi connectivity index (χ4n) is 2.15. The molecule has 2 N–H and O–H groups in total. The van der Waals surface area contributed by atoms with Crippen molar-refractivity contribution in [2.75, 3.05) is 5.43 Å². The molecule has 1 amide bonds. The molecule has 0 saturated carbocycles. The molecule has 0 saturated heterocycles. The number of amides is 1. The van der Waals surface area contributed by atoms with Crippen molar-refractivity contribution >= 4 is 11.9 Å². The maximum atomic E-state index is 12.2. The van der Waals surface area contributed by atoms with Crippen molar-refractivity contribution < 1.29 is 9.32 Å². The van der Waals surface area contributed by atoms with Crippen LogP contribution < -0.4 is 10.9 Å². The lowest BCUT2D eigenvalue weighted by Crippen LogP contribution is -2.30. The second-order valence-corrected chi connectivity index (χ2v) is 5.27. The molecule has 0 spiro atoms. The van der Waals surface area contributed by atoms with Crippen molar-refractivity contribution in [1.29, 1.82) is 0 Å². The van der Waals surface area contributed by atoms with Gasteiger partial charge in [0.05, 0.1) is 0 Å². The molecule has 0 radical (unpaired) electrons. The molecule has 122 valence electrons. The van der Waals surface area contributed by atoms with Crippen LogP contribution in [0.15, 0.2) is 34.9 Å². The van der Waals surface area contributed by atoms with E-state index in [9.17, 15) is 4.79 Å². The lowest BCUT2D eigenvalue weighted by molar-refractivity contribution is 0.0962. The highest BCUT2D eigenvalue weighted by Crippen LogP contribution is 2.16. The molecule has 3 rings (SSSR count). The Bertz CT molecular complexity index is 852. The first kappa shape index (κ1) is 15.6. The lowest BCUT2D eigenvalue weighted by Gasteiger charge is -2.08. The van der Waals surface area contributed by atoms with Crippen molar-refractivity contribution in [3.63, 3.8) is 0 Å². The van der Waals surface area contributed by atoms with Crippen LogP contribution in [0.1, 0.15) is 27.6 Å². The lowest BCUT2D eigenvalue weighted by atomic mass is 10.1. The monoisotopic (exact) mass is 324 g/mol. The average molecular weight is 324 g/mol. The summed E-state index contributed by atoms with van der Waals surface area (Å²) in [7, 11) is 0. The van der Waals surface area contributed by atoms with Crippen molar-refractivity contribution in [2.24, 2.45) is 0 Å². The molecule has 8 heteroatoms. The van der Waals surface area contributed by atoms with Crippen LogP contribution in [-0.4, -0.2) is 26.0 Å². The summed E-state index contributed by atoms with van der Waals surface area (Å²) in [5.74, 6) is 1.03. The van der Waals surface area contributed by atoms with Gasteiger partial charge in [-0.2, -0.15) is 4.98 Å². The summed E-state index contributed by atoms with van der Waals surface area (Å²) in [5.41, 5.74) is 8.17. The number of hydrogen-bond donors (Lipinski definition) is 2. The van der Waals surface area contributed by atoms with Crippen molar-refractivity contribution in [2.45, 2.75) is 20.8 Å². The number of benzene rings is 1. The third-order valence-corrected chi connectivity index (χ3v) is 3.20. The molecule has 2 aromatic heterocycles. The van der Waals surface area contributed by atoms with Gasteiger partial charge in [-0.15, -0.1) is 0 Å². The Morgan fingerprint density at radius 3 is 2.25 bits per heavy atom. The van der Waals surface area contributed by atoms with Crippen LogP contribution >= 0.6 is 0 Å². The second-order valence-electron chi connectivity index (χ2n) is 5.27. The predicted molar refractivity (Wildman–Crippen MR) is 87.1 cm³/mol. The van der Waals surface area contributed by atoms with E-state index in [0.29, 0.717) is 23.2 Å².